The highest BCUT2D eigenvalue weighted by Crippen LogP contribution is 2.30. The molecule has 1 unspecified atom stereocenters. The fraction of sp³-hybridized carbons (Fsp3) is 0.500. The summed E-state index contributed by atoms with van der Waals surface area (Å²) in [5.74, 6) is -1.98. The van der Waals surface area contributed by atoms with Gasteiger partial charge in [-0.25, -0.2) is 0 Å². The molecule has 1 rings (SSSR count). The van der Waals surface area contributed by atoms with Crippen molar-refractivity contribution >= 4 is 17.9 Å². The van der Waals surface area contributed by atoms with Gasteiger partial charge in [-0.1, -0.05) is 0 Å². The molecule has 0 aliphatic rings. The largest absolute Gasteiger partial charge is 0.481 e. The maximum absolute atomic E-state index is 11.2. The molecule has 0 spiro atoms. The number of rotatable bonds is 7. The van der Waals surface area contributed by atoms with Crippen molar-refractivity contribution in [3.63, 3.8) is 0 Å². The number of aliphatic carboxylic acids is 1. The zero-order valence-corrected chi connectivity index (χ0v) is 15.2. The lowest BCUT2D eigenvalue weighted by atomic mass is 9.94. The predicted octanol–water partition coefficient (Wildman–Crippen LogP) is 2.48. The van der Waals surface area contributed by atoms with E-state index in [4.69, 9.17) is 9.47 Å². The van der Waals surface area contributed by atoms with Crippen LogP contribution in [0.15, 0.2) is 18.2 Å². The van der Waals surface area contributed by atoms with Gasteiger partial charge in [-0.3, -0.25) is 14.4 Å². The van der Waals surface area contributed by atoms with Crippen LogP contribution in [0.4, 0.5) is 0 Å². The molecule has 0 saturated carbocycles. The van der Waals surface area contributed by atoms with Crippen LogP contribution in [0, 0.1) is 0 Å². The number of esters is 2. The number of carbonyl (C=O) groups excluding carboxylic acids is 2. The zero-order valence-electron chi connectivity index (χ0n) is 15.2. The molecular formula is C18H25NO6. The summed E-state index contributed by atoms with van der Waals surface area (Å²) in [6.45, 7) is 8.85. The van der Waals surface area contributed by atoms with E-state index < -0.39 is 17.9 Å². The normalized spacial score (nSPS) is 12.4. The summed E-state index contributed by atoms with van der Waals surface area (Å²) in [4.78, 5) is 33.7. The van der Waals surface area contributed by atoms with Crippen molar-refractivity contribution in [3.05, 3.63) is 23.8 Å². The third-order valence-corrected chi connectivity index (χ3v) is 3.20. The third-order valence-electron chi connectivity index (χ3n) is 3.20. The molecule has 0 aromatic heterocycles. The van der Waals surface area contributed by atoms with Crippen molar-refractivity contribution in [2.45, 2.75) is 52.5 Å². The summed E-state index contributed by atoms with van der Waals surface area (Å²) in [6, 6.07) is 4.60. The van der Waals surface area contributed by atoms with Gasteiger partial charge in [0.1, 0.15) is 11.5 Å². The molecule has 1 aromatic rings. The van der Waals surface area contributed by atoms with Gasteiger partial charge in [0.05, 0.1) is 6.42 Å². The molecular weight excluding hydrogens is 326 g/mol. The summed E-state index contributed by atoms with van der Waals surface area (Å²) in [7, 11) is 0. The van der Waals surface area contributed by atoms with E-state index in [-0.39, 0.29) is 29.4 Å². The molecule has 1 aromatic carbocycles. The molecule has 25 heavy (non-hydrogen) atoms. The Hall–Kier alpha value is -2.41. The van der Waals surface area contributed by atoms with Crippen molar-refractivity contribution in [2.24, 2.45) is 0 Å². The Morgan fingerprint density at radius 2 is 1.52 bits per heavy atom. The highest BCUT2D eigenvalue weighted by molar-refractivity contribution is 5.72. The minimum absolute atomic E-state index is 0.119. The Bertz CT molecular complexity index is 613. The van der Waals surface area contributed by atoms with Gasteiger partial charge in [-0.15, -0.1) is 0 Å². The number of ether oxygens (including phenoxy) is 2. The van der Waals surface area contributed by atoms with Gasteiger partial charge >= 0.3 is 17.9 Å². The van der Waals surface area contributed by atoms with Crippen molar-refractivity contribution in [3.8, 4) is 11.5 Å². The summed E-state index contributed by atoms with van der Waals surface area (Å²) in [5.41, 5.74) is 0.414. The number of hydrogen-bond acceptors (Lipinski definition) is 6. The second-order valence-electron chi connectivity index (χ2n) is 6.85. The van der Waals surface area contributed by atoms with Crippen LogP contribution in [0.3, 0.4) is 0 Å². The molecule has 0 aliphatic carbocycles. The van der Waals surface area contributed by atoms with Gasteiger partial charge in [-0.2, -0.15) is 0 Å². The van der Waals surface area contributed by atoms with Crippen LogP contribution in [0.1, 0.15) is 52.5 Å². The van der Waals surface area contributed by atoms with Crippen molar-refractivity contribution < 1.29 is 29.0 Å². The number of hydrogen-bond donors (Lipinski definition) is 2. The van der Waals surface area contributed by atoms with Gasteiger partial charge in [0, 0.05) is 37.9 Å². The molecule has 2 N–H and O–H groups in total. The molecule has 7 nitrogen and oxygen atoms in total. The minimum Gasteiger partial charge on any atom is -0.481 e. The fourth-order valence-electron chi connectivity index (χ4n) is 2.23. The van der Waals surface area contributed by atoms with Gasteiger partial charge in [0.25, 0.3) is 0 Å². The SMILES string of the molecule is CC(=O)Oc1cc(OC(C)=O)cc(C(CNC(C)(C)C)CC(=O)O)c1. The van der Waals surface area contributed by atoms with E-state index in [2.05, 4.69) is 5.32 Å². The van der Waals surface area contributed by atoms with E-state index in [0.29, 0.717) is 12.1 Å². The first-order valence-corrected chi connectivity index (χ1v) is 7.95. The Morgan fingerprint density at radius 1 is 1.04 bits per heavy atom. The number of carbonyl (C=O) groups is 3. The van der Waals surface area contributed by atoms with Crippen LogP contribution in [-0.2, 0) is 14.4 Å². The predicted molar refractivity (Wildman–Crippen MR) is 91.8 cm³/mol. The highest BCUT2D eigenvalue weighted by atomic mass is 16.5. The molecule has 0 fully saturated rings. The van der Waals surface area contributed by atoms with Crippen molar-refractivity contribution in [2.75, 3.05) is 6.54 Å². The van der Waals surface area contributed by atoms with Crippen molar-refractivity contribution in [1.82, 2.24) is 5.32 Å². The van der Waals surface area contributed by atoms with Crippen LogP contribution >= 0.6 is 0 Å². The van der Waals surface area contributed by atoms with Crippen molar-refractivity contribution in [1.29, 1.82) is 0 Å². The summed E-state index contributed by atoms with van der Waals surface area (Å²) in [5, 5.41) is 12.5. The second-order valence-corrected chi connectivity index (χ2v) is 6.85. The van der Waals surface area contributed by atoms with Gasteiger partial charge in [0.15, 0.2) is 0 Å². The average Bonchev–Trinajstić information content (AvgIpc) is 2.40. The van der Waals surface area contributed by atoms with Crippen LogP contribution < -0.4 is 14.8 Å². The molecule has 0 saturated heterocycles. The van der Waals surface area contributed by atoms with E-state index >= 15 is 0 Å². The fourth-order valence-corrected chi connectivity index (χ4v) is 2.23. The highest BCUT2D eigenvalue weighted by Gasteiger charge is 2.21. The molecule has 0 aliphatic heterocycles. The third kappa shape index (κ3) is 8.30. The lowest BCUT2D eigenvalue weighted by Crippen LogP contribution is -2.39. The zero-order chi connectivity index (χ0) is 19.2. The summed E-state index contributed by atoms with van der Waals surface area (Å²) < 4.78 is 10.2. The first kappa shape index (κ1) is 20.6. The van der Waals surface area contributed by atoms with E-state index in [1.165, 1.54) is 19.9 Å². The number of carboxylic acids is 1. The lowest BCUT2D eigenvalue weighted by Gasteiger charge is -2.25. The van der Waals surface area contributed by atoms with Crippen LogP contribution in [0.5, 0.6) is 11.5 Å². The summed E-state index contributed by atoms with van der Waals surface area (Å²) >= 11 is 0. The Morgan fingerprint density at radius 3 is 1.88 bits per heavy atom. The van der Waals surface area contributed by atoms with E-state index in [1.807, 2.05) is 20.8 Å². The number of nitrogens with one attached hydrogen (secondary N) is 1. The first-order valence-electron chi connectivity index (χ1n) is 7.95. The first-order chi connectivity index (χ1) is 11.5. The number of benzene rings is 1. The molecule has 0 radical (unpaired) electrons. The Kier molecular flexibility index (Phi) is 7.11. The van der Waals surface area contributed by atoms with Crippen LogP contribution in [0.2, 0.25) is 0 Å². The van der Waals surface area contributed by atoms with Crippen LogP contribution in [-0.4, -0.2) is 35.1 Å². The average molecular weight is 351 g/mol. The Labute approximate surface area is 147 Å². The summed E-state index contributed by atoms with van der Waals surface area (Å²) in [6.07, 6.45) is -0.119. The van der Waals surface area contributed by atoms with E-state index in [0.717, 1.165) is 0 Å². The van der Waals surface area contributed by atoms with Gasteiger partial charge < -0.3 is 19.9 Å². The van der Waals surface area contributed by atoms with E-state index in [9.17, 15) is 19.5 Å². The molecule has 7 heteroatoms. The quantitative estimate of drug-likeness (QED) is 0.575. The van der Waals surface area contributed by atoms with Gasteiger partial charge in [0.2, 0.25) is 0 Å². The molecule has 0 bridgehead atoms. The lowest BCUT2D eigenvalue weighted by molar-refractivity contribution is -0.137. The molecule has 0 amide bonds. The maximum Gasteiger partial charge on any atom is 0.308 e. The Balaban J connectivity index is 3.21. The molecule has 138 valence electrons. The molecule has 1 atom stereocenters. The monoisotopic (exact) mass is 351 g/mol. The number of carboxylic acid groups (broad SMARTS) is 1. The smallest absolute Gasteiger partial charge is 0.308 e. The maximum atomic E-state index is 11.2. The topological polar surface area (TPSA) is 102 Å². The molecule has 0 heterocycles. The minimum atomic E-state index is -0.951. The standard InChI is InChI=1S/C18H25NO6/c1-11(20)24-15-6-13(7-16(9-15)25-12(2)21)14(8-17(22)23)10-19-18(3,4)5/h6-7,9,14,19H,8,10H2,1-5H3,(H,22,23). The second kappa shape index (κ2) is 8.62. The van der Waals surface area contributed by atoms with E-state index in [1.54, 1.807) is 12.1 Å². The van der Waals surface area contributed by atoms with Crippen LogP contribution in [0.25, 0.3) is 0 Å². The van der Waals surface area contributed by atoms with Gasteiger partial charge in [-0.05, 0) is 38.5 Å².